The molecule has 0 fully saturated rings. The quantitative estimate of drug-likeness (QED) is 0.449. The number of rotatable bonds is 6. The summed E-state index contributed by atoms with van der Waals surface area (Å²) in [7, 11) is 0. The molecule has 1 aromatic carbocycles. The van der Waals surface area contributed by atoms with Gasteiger partial charge < -0.3 is 4.90 Å². The van der Waals surface area contributed by atoms with E-state index in [9.17, 15) is 14.9 Å². The molecule has 1 amide bonds. The summed E-state index contributed by atoms with van der Waals surface area (Å²) >= 11 is 0. The molecule has 0 heterocycles. The maximum absolute atomic E-state index is 12.2. The van der Waals surface area contributed by atoms with Crippen molar-refractivity contribution in [3.63, 3.8) is 0 Å². The van der Waals surface area contributed by atoms with Gasteiger partial charge in [-0.25, -0.2) is 0 Å². The SMILES string of the molecule is C=CCN(CC=C)C(=O)c1ccc(C)c([N+](=O)[O-])c1. The molecule has 0 N–H and O–H groups in total. The van der Waals surface area contributed by atoms with Crippen molar-refractivity contribution < 1.29 is 9.72 Å². The van der Waals surface area contributed by atoms with E-state index in [4.69, 9.17) is 0 Å². The van der Waals surface area contributed by atoms with Gasteiger partial charge in [-0.2, -0.15) is 0 Å². The van der Waals surface area contributed by atoms with Crippen molar-refractivity contribution in [1.29, 1.82) is 0 Å². The first-order valence-electron chi connectivity index (χ1n) is 5.77. The minimum atomic E-state index is -0.489. The summed E-state index contributed by atoms with van der Waals surface area (Å²) < 4.78 is 0. The zero-order valence-electron chi connectivity index (χ0n) is 10.8. The molecule has 0 saturated carbocycles. The number of nitrogens with zero attached hydrogens (tertiary/aromatic N) is 2. The number of hydrogen-bond donors (Lipinski definition) is 0. The van der Waals surface area contributed by atoms with Crippen LogP contribution in [0.15, 0.2) is 43.5 Å². The first-order valence-corrected chi connectivity index (χ1v) is 5.77. The van der Waals surface area contributed by atoms with E-state index in [0.29, 0.717) is 24.2 Å². The monoisotopic (exact) mass is 260 g/mol. The largest absolute Gasteiger partial charge is 0.331 e. The maximum Gasteiger partial charge on any atom is 0.273 e. The highest BCUT2D eigenvalue weighted by molar-refractivity contribution is 5.95. The first kappa shape index (κ1) is 14.6. The van der Waals surface area contributed by atoms with Crippen molar-refractivity contribution in [2.24, 2.45) is 0 Å². The highest BCUT2D eigenvalue weighted by Gasteiger charge is 2.18. The van der Waals surface area contributed by atoms with Gasteiger partial charge in [0, 0.05) is 30.3 Å². The van der Waals surface area contributed by atoms with Crippen LogP contribution in [0, 0.1) is 17.0 Å². The van der Waals surface area contributed by atoms with Crippen LogP contribution in [0.3, 0.4) is 0 Å². The van der Waals surface area contributed by atoms with Crippen molar-refractivity contribution in [2.45, 2.75) is 6.92 Å². The molecular weight excluding hydrogens is 244 g/mol. The molecule has 0 aliphatic rings. The molecule has 1 aromatic rings. The molecule has 5 heteroatoms. The van der Waals surface area contributed by atoms with Crippen LogP contribution in [-0.2, 0) is 0 Å². The smallest absolute Gasteiger partial charge is 0.273 e. The van der Waals surface area contributed by atoms with Crippen LogP contribution in [0.5, 0.6) is 0 Å². The van der Waals surface area contributed by atoms with Gasteiger partial charge >= 0.3 is 0 Å². The molecule has 5 nitrogen and oxygen atoms in total. The van der Waals surface area contributed by atoms with Crippen LogP contribution < -0.4 is 0 Å². The number of nitro benzene ring substituents is 1. The van der Waals surface area contributed by atoms with E-state index in [1.165, 1.54) is 11.0 Å². The minimum Gasteiger partial charge on any atom is -0.331 e. The predicted octanol–water partition coefficient (Wildman–Crippen LogP) is 2.72. The molecule has 1 rings (SSSR count). The predicted molar refractivity (Wildman–Crippen MR) is 74.1 cm³/mol. The van der Waals surface area contributed by atoms with Crippen molar-refractivity contribution in [3.8, 4) is 0 Å². The summed E-state index contributed by atoms with van der Waals surface area (Å²) in [4.78, 5) is 24.1. The van der Waals surface area contributed by atoms with Crippen molar-refractivity contribution in [2.75, 3.05) is 13.1 Å². The summed E-state index contributed by atoms with van der Waals surface area (Å²) in [6.07, 6.45) is 3.20. The molecule has 0 aliphatic carbocycles. The van der Waals surface area contributed by atoms with Gasteiger partial charge in [0.1, 0.15) is 0 Å². The highest BCUT2D eigenvalue weighted by atomic mass is 16.6. The van der Waals surface area contributed by atoms with Crippen LogP contribution in [0.1, 0.15) is 15.9 Å². The summed E-state index contributed by atoms with van der Waals surface area (Å²) in [5.74, 6) is -0.275. The highest BCUT2D eigenvalue weighted by Crippen LogP contribution is 2.20. The second-order valence-electron chi connectivity index (χ2n) is 4.05. The number of carbonyl (C=O) groups is 1. The summed E-state index contributed by atoms with van der Waals surface area (Å²) in [5.41, 5.74) is 0.768. The fourth-order valence-electron chi connectivity index (χ4n) is 1.67. The molecule has 0 saturated heterocycles. The third-order valence-corrected chi connectivity index (χ3v) is 2.64. The van der Waals surface area contributed by atoms with Gasteiger partial charge in [-0.3, -0.25) is 14.9 Å². The molecule has 19 heavy (non-hydrogen) atoms. The molecular formula is C14H16N2O3. The standard InChI is InChI=1S/C14H16N2O3/c1-4-8-15(9-5-2)14(17)12-7-6-11(3)13(10-12)16(18)19/h4-7,10H,1-2,8-9H2,3H3. The minimum absolute atomic E-state index is 0.0528. The average molecular weight is 260 g/mol. The summed E-state index contributed by atoms with van der Waals surface area (Å²) in [6.45, 7) is 9.54. The van der Waals surface area contributed by atoms with E-state index in [2.05, 4.69) is 13.2 Å². The Balaban J connectivity index is 3.10. The van der Waals surface area contributed by atoms with Crippen LogP contribution in [-0.4, -0.2) is 28.8 Å². The van der Waals surface area contributed by atoms with Gasteiger partial charge in [0.15, 0.2) is 0 Å². The van der Waals surface area contributed by atoms with Crippen LogP contribution >= 0.6 is 0 Å². The lowest BCUT2D eigenvalue weighted by Crippen LogP contribution is -2.31. The number of nitro groups is 1. The number of carbonyl (C=O) groups excluding carboxylic acids is 1. The Hall–Kier alpha value is -2.43. The van der Waals surface area contributed by atoms with E-state index >= 15 is 0 Å². The molecule has 0 bridgehead atoms. The molecule has 0 aromatic heterocycles. The van der Waals surface area contributed by atoms with E-state index in [1.54, 1.807) is 31.2 Å². The van der Waals surface area contributed by atoms with Crippen LogP contribution in [0.25, 0.3) is 0 Å². The molecule has 100 valence electrons. The molecule has 0 radical (unpaired) electrons. The van der Waals surface area contributed by atoms with E-state index < -0.39 is 4.92 Å². The summed E-state index contributed by atoms with van der Waals surface area (Å²) in [5, 5.41) is 10.9. The molecule has 0 atom stereocenters. The third kappa shape index (κ3) is 3.51. The lowest BCUT2D eigenvalue weighted by Gasteiger charge is -2.19. The van der Waals surface area contributed by atoms with Crippen LogP contribution in [0.2, 0.25) is 0 Å². The van der Waals surface area contributed by atoms with Gasteiger partial charge in [0.2, 0.25) is 0 Å². The topological polar surface area (TPSA) is 63.5 Å². The van der Waals surface area contributed by atoms with E-state index in [0.717, 1.165) is 0 Å². The average Bonchev–Trinajstić information content (AvgIpc) is 2.38. The Morgan fingerprint density at radius 2 is 1.95 bits per heavy atom. The van der Waals surface area contributed by atoms with Gasteiger partial charge in [-0.1, -0.05) is 18.2 Å². The molecule has 0 aliphatic heterocycles. The normalized spacial score (nSPS) is 9.74. The van der Waals surface area contributed by atoms with Gasteiger partial charge in [-0.05, 0) is 13.0 Å². The zero-order chi connectivity index (χ0) is 14.4. The van der Waals surface area contributed by atoms with E-state index in [1.807, 2.05) is 0 Å². The van der Waals surface area contributed by atoms with Crippen LogP contribution in [0.4, 0.5) is 5.69 Å². The third-order valence-electron chi connectivity index (χ3n) is 2.64. The second-order valence-corrected chi connectivity index (χ2v) is 4.05. The lowest BCUT2D eigenvalue weighted by atomic mass is 10.1. The zero-order valence-corrected chi connectivity index (χ0v) is 10.8. The van der Waals surface area contributed by atoms with Gasteiger partial charge in [-0.15, -0.1) is 13.2 Å². The summed E-state index contributed by atoms with van der Waals surface area (Å²) in [6, 6.07) is 4.46. The lowest BCUT2D eigenvalue weighted by molar-refractivity contribution is -0.385. The Kier molecular flexibility index (Phi) is 5.00. The number of amides is 1. The number of aryl methyl sites for hydroxylation is 1. The fourth-order valence-corrected chi connectivity index (χ4v) is 1.67. The number of hydrogen-bond acceptors (Lipinski definition) is 3. The fraction of sp³-hybridized carbons (Fsp3) is 0.214. The van der Waals surface area contributed by atoms with Gasteiger partial charge in [0.05, 0.1) is 4.92 Å². The van der Waals surface area contributed by atoms with Crippen molar-refractivity contribution >= 4 is 11.6 Å². The molecule has 0 spiro atoms. The molecule has 0 unspecified atom stereocenters. The Bertz CT molecular complexity index is 513. The van der Waals surface area contributed by atoms with Crippen molar-refractivity contribution in [1.82, 2.24) is 4.90 Å². The second kappa shape index (κ2) is 6.49. The Morgan fingerprint density at radius 1 is 1.37 bits per heavy atom. The van der Waals surface area contributed by atoms with Crippen molar-refractivity contribution in [3.05, 3.63) is 64.8 Å². The Labute approximate surface area is 112 Å². The van der Waals surface area contributed by atoms with Gasteiger partial charge in [0.25, 0.3) is 11.6 Å². The Morgan fingerprint density at radius 3 is 2.42 bits per heavy atom. The van der Waals surface area contributed by atoms with E-state index in [-0.39, 0.29) is 11.6 Å². The first-order chi connectivity index (χ1) is 9.01. The maximum atomic E-state index is 12.2. The number of benzene rings is 1.